The van der Waals surface area contributed by atoms with Gasteiger partial charge in [0, 0.05) is 19.2 Å². The lowest BCUT2D eigenvalue weighted by Gasteiger charge is -2.28. The number of nitrogens with one attached hydrogen (secondary N) is 1. The van der Waals surface area contributed by atoms with E-state index in [4.69, 9.17) is 4.74 Å². The highest BCUT2D eigenvalue weighted by Crippen LogP contribution is 2.24. The molecule has 0 bridgehead atoms. The molecule has 0 aromatic heterocycles. The molecular formula is C14H29NO. The molecule has 96 valence electrons. The molecule has 1 heterocycles. The summed E-state index contributed by atoms with van der Waals surface area (Å²) in [6, 6.07) is 0.574. The van der Waals surface area contributed by atoms with Gasteiger partial charge < -0.3 is 10.1 Å². The molecule has 2 heteroatoms. The molecule has 0 saturated carbocycles. The average Bonchev–Trinajstić information content (AvgIpc) is 2.62. The molecule has 0 spiro atoms. The smallest absolute Gasteiger partial charge is 0.0700 e. The van der Waals surface area contributed by atoms with Crippen LogP contribution in [0, 0.1) is 5.41 Å². The molecule has 16 heavy (non-hydrogen) atoms. The predicted molar refractivity (Wildman–Crippen MR) is 69.7 cm³/mol. The van der Waals surface area contributed by atoms with Gasteiger partial charge in [-0.25, -0.2) is 0 Å². The van der Waals surface area contributed by atoms with E-state index >= 15 is 0 Å². The van der Waals surface area contributed by atoms with Crippen molar-refractivity contribution in [1.29, 1.82) is 0 Å². The maximum atomic E-state index is 5.57. The molecule has 2 unspecified atom stereocenters. The minimum Gasteiger partial charge on any atom is -0.377 e. The second-order valence-corrected chi connectivity index (χ2v) is 5.97. The highest BCUT2D eigenvalue weighted by atomic mass is 16.5. The Balaban J connectivity index is 2.18. The Morgan fingerprint density at radius 3 is 2.62 bits per heavy atom. The van der Waals surface area contributed by atoms with Gasteiger partial charge in [-0.1, -0.05) is 40.0 Å². The monoisotopic (exact) mass is 227 g/mol. The lowest BCUT2D eigenvalue weighted by atomic mass is 9.86. The van der Waals surface area contributed by atoms with Crippen molar-refractivity contribution < 1.29 is 4.74 Å². The zero-order valence-corrected chi connectivity index (χ0v) is 11.5. The third-order valence-corrected chi connectivity index (χ3v) is 3.68. The first kappa shape index (κ1) is 14.0. The van der Waals surface area contributed by atoms with Crippen molar-refractivity contribution in [1.82, 2.24) is 5.32 Å². The topological polar surface area (TPSA) is 21.3 Å². The van der Waals surface area contributed by atoms with E-state index in [1.807, 2.05) is 0 Å². The van der Waals surface area contributed by atoms with Gasteiger partial charge in [-0.15, -0.1) is 0 Å². The molecule has 1 rings (SSSR count). The van der Waals surface area contributed by atoms with E-state index in [0.717, 1.165) is 13.2 Å². The van der Waals surface area contributed by atoms with Crippen molar-refractivity contribution in [2.45, 2.75) is 71.9 Å². The van der Waals surface area contributed by atoms with Crippen molar-refractivity contribution in [3.05, 3.63) is 0 Å². The van der Waals surface area contributed by atoms with Crippen LogP contribution in [0.4, 0.5) is 0 Å². The van der Waals surface area contributed by atoms with Gasteiger partial charge >= 0.3 is 0 Å². The summed E-state index contributed by atoms with van der Waals surface area (Å²) in [5.41, 5.74) is 0.428. The van der Waals surface area contributed by atoms with Crippen molar-refractivity contribution in [3.8, 4) is 0 Å². The number of hydrogen-bond acceptors (Lipinski definition) is 2. The fourth-order valence-corrected chi connectivity index (χ4v) is 2.35. The quantitative estimate of drug-likeness (QED) is 0.673. The summed E-state index contributed by atoms with van der Waals surface area (Å²) in [4.78, 5) is 0. The predicted octanol–water partition coefficient (Wildman–Crippen LogP) is 3.36. The molecule has 0 aliphatic carbocycles. The Bertz CT molecular complexity index is 191. The van der Waals surface area contributed by atoms with Crippen LogP contribution in [0.25, 0.3) is 0 Å². The summed E-state index contributed by atoms with van der Waals surface area (Å²) < 4.78 is 5.57. The number of ether oxygens (including phenoxy) is 1. The highest BCUT2D eigenvalue weighted by molar-refractivity contribution is 4.82. The first-order valence-electron chi connectivity index (χ1n) is 6.90. The minimum atomic E-state index is 0.395. The molecule has 0 aromatic carbocycles. The average molecular weight is 227 g/mol. The van der Waals surface area contributed by atoms with Gasteiger partial charge in [0.15, 0.2) is 0 Å². The van der Waals surface area contributed by atoms with Crippen LogP contribution in [0.5, 0.6) is 0 Å². The van der Waals surface area contributed by atoms with Crippen LogP contribution in [-0.2, 0) is 4.74 Å². The molecule has 1 saturated heterocycles. The molecular weight excluding hydrogens is 198 g/mol. The summed E-state index contributed by atoms with van der Waals surface area (Å²) in [7, 11) is 0. The Hall–Kier alpha value is -0.0800. The number of unbranched alkanes of at least 4 members (excludes halogenated alkanes) is 2. The van der Waals surface area contributed by atoms with E-state index in [9.17, 15) is 0 Å². The highest BCUT2D eigenvalue weighted by Gasteiger charge is 2.26. The fraction of sp³-hybridized carbons (Fsp3) is 1.00. The number of hydrogen-bond donors (Lipinski definition) is 1. The maximum absolute atomic E-state index is 5.57. The molecule has 2 nitrogen and oxygen atoms in total. The summed E-state index contributed by atoms with van der Waals surface area (Å²) in [6.45, 7) is 11.2. The van der Waals surface area contributed by atoms with Gasteiger partial charge in [0.1, 0.15) is 0 Å². The molecule has 1 N–H and O–H groups in total. The first-order chi connectivity index (χ1) is 7.55. The van der Waals surface area contributed by atoms with E-state index in [1.165, 1.54) is 32.1 Å². The Morgan fingerprint density at radius 2 is 2.06 bits per heavy atom. The maximum Gasteiger partial charge on any atom is 0.0700 e. The van der Waals surface area contributed by atoms with Gasteiger partial charge in [-0.05, 0) is 25.2 Å². The molecule has 2 atom stereocenters. The van der Waals surface area contributed by atoms with E-state index in [-0.39, 0.29) is 0 Å². The van der Waals surface area contributed by atoms with Crippen LogP contribution in [0.1, 0.15) is 59.8 Å². The summed E-state index contributed by atoms with van der Waals surface area (Å²) in [5.74, 6) is 0. The molecule has 0 amide bonds. The van der Waals surface area contributed by atoms with Gasteiger partial charge in [0.25, 0.3) is 0 Å². The summed E-state index contributed by atoms with van der Waals surface area (Å²) >= 11 is 0. The second kappa shape index (κ2) is 6.61. The Morgan fingerprint density at radius 1 is 1.31 bits per heavy atom. The van der Waals surface area contributed by atoms with Crippen LogP contribution in [0.3, 0.4) is 0 Å². The normalized spacial score (nSPS) is 26.2. The Kier molecular flexibility index (Phi) is 5.77. The van der Waals surface area contributed by atoms with Gasteiger partial charge in [-0.3, -0.25) is 0 Å². The van der Waals surface area contributed by atoms with Crippen molar-refractivity contribution in [2.24, 2.45) is 5.41 Å². The molecule has 0 aromatic rings. The van der Waals surface area contributed by atoms with E-state index < -0.39 is 0 Å². The molecule has 1 aliphatic heterocycles. The third kappa shape index (κ3) is 4.84. The lowest BCUT2D eigenvalue weighted by molar-refractivity contribution is 0.110. The van der Waals surface area contributed by atoms with Crippen molar-refractivity contribution >= 4 is 0 Å². The Labute approximate surface area is 101 Å². The largest absolute Gasteiger partial charge is 0.377 e. The van der Waals surface area contributed by atoms with Crippen LogP contribution in [-0.4, -0.2) is 25.3 Å². The van der Waals surface area contributed by atoms with E-state index in [0.29, 0.717) is 17.6 Å². The number of rotatable bonds is 7. The van der Waals surface area contributed by atoms with Crippen LogP contribution >= 0.6 is 0 Å². The fourth-order valence-electron chi connectivity index (χ4n) is 2.35. The van der Waals surface area contributed by atoms with Gasteiger partial charge in [0.05, 0.1) is 6.10 Å². The lowest BCUT2D eigenvalue weighted by Crippen LogP contribution is -2.40. The summed E-state index contributed by atoms with van der Waals surface area (Å²) in [5, 5.41) is 3.67. The van der Waals surface area contributed by atoms with Crippen LogP contribution in [0.2, 0.25) is 0 Å². The zero-order valence-electron chi connectivity index (χ0n) is 11.5. The van der Waals surface area contributed by atoms with Crippen molar-refractivity contribution in [2.75, 3.05) is 13.2 Å². The zero-order chi connectivity index (χ0) is 12.0. The van der Waals surface area contributed by atoms with Gasteiger partial charge in [0.2, 0.25) is 0 Å². The molecule has 0 radical (unpaired) electrons. The summed E-state index contributed by atoms with van der Waals surface area (Å²) in [6.07, 6.45) is 6.94. The third-order valence-electron chi connectivity index (χ3n) is 3.68. The first-order valence-corrected chi connectivity index (χ1v) is 6.90. The van der Waals surface area contributed by atoms with E-state index in [2.05, 4.69) is 33.0 Å². The van der Waals surface area contributed by atoms with Crippen molar-refractivity contribution in [3.63, 3.8) is 0 Å². The standard InChI is InChI=1S/C14H29NO/c1-5-6-7-9-14(3,4)11-15-13-8-10-16-12(13)2/h12-13,15H,5-11H2,1-4H3. The minimum absolute atomic E-state index is 0.395. The second-order valence-electron chi connectivity index (χ2n) is 5.97. The molecule has 1 aliphatic rings. The SMILES string of the molecule is CCCCCC(C)(C)CNC1CCOC1C. The van der Waals surface area contributed by atoms with Gasteiger partial charge in [-0.2, -0.15) is 0 Å². The van der Waals surface area contributed by atoms with Crippen LogP contribution in [0.15, 0.2) is 0 Å². The van der Waals surface area contributed by atoms with Crippen LogP contribution < -0.4 is 5.32 Å². The molecule has 1 fully saturated rings. The van der Waals surface area contributed by atoms with E-state index in [1.54, 1.807) is 0 Å².